The van der Waals surface area contributed by atoms with Crippen molar-refractivity contribution in [1.82, 2.24) is 15.0 Å². The summed E-state index contributed by atoms with van der Waals surface area (Å²) >= 11 is 1.82. The number of hydrogen-bond donors (Lipinski definition) is 0. The van der Waals surface area contributed by atoms with E-state index < -0.39 is 0 Å². The van der Waals surface area contributed by atoms with Gasteiger partial charge < -0.3 is 0 Å². The van der Waals surface area contributed by atoms with Gasteiger partial charge in [0.2, 0.25) is 0 Å². The Balaban J connectivity index is 1.36. The van der Waals surface area contributed by atoms with E-state index in [1.54, 1.807) is 0 Å². The lowest BCUT2D eigenvalue weighted by Crippen LogP contribution is -2.14. The zero-order valence-corrected chi connectivity index (χ0v) is 26.3. The van der Waals surface area contributed by atoms with Crippen LogP contribution in [0.5, 0.6) is 0 Å². The van der Waals surface area contributed by atoms with Gasteiger partial charge in [-0.3, -0.25) is 0 Å². The van der Waals surface area contributed by atoms with Crippen molar-refractivity contribution < 1.29 is 0 Å². The molecule has 0 radical (unpaired) electrons. The fourth-order valence-electron chi connectivity index (χ4n) is 7.08. The summed E-state index contributed by atoms with van der Waals surface area (Å²) in [5, 5.41) is 2.40. The lowest BCUT2D eigenvalue weighted by molar-refractivity contribution is 0.660. The molecule has 0 aliphatic heterocycles. The molecule has 8 aromatic rings. The Hall–Kier alpha value is -5.45. The summed E-state index contributed by atoms with van der Waals surface area (Å²) in [5.41, 5.74) is 10.5. The van der Waals surface area contributed by atoms with Crippen LogP contribution in [0.15, 0.2) is 140 Å². The Morgan fingerprint density at radius 2 is 1.04 bits per heavy atom. The summed E-state index contributed by atoms with van der Waals surface area (Å²) < 4.78 is 2.47. The molecule has 0 spiro atoms. The molecule has 2 aromatic heterocycles. The zero-order chi connectivity index (χ0) is 30.8. The molecule has 0 unspecified atom stereocenters. The molecule has 2 heterocycles. The van der Waals surface area contributed by atoms with Crippen molar-refractivity contribution in [3.8, 4) is 56.4 Å². The minimum absolute atomic E-state index is 0.102. The first-order valence-corrected chi connectivity index (χ1v) is 16.4. The Labute approximate surface area is 271 Å². The van der Waals surface area contributed by atoms with Gasteiger partial charge >= 0.3 is 0 Å². The van der Waals surface area contributed by atoms with Crippen molar-refractivity contribution in [1.29, 1.82) is 0 Å². The van der Waals surface area contributed by atoms with Gasteiger partial charge in [0.15, 0.2) is 17.5 Å². The molecule has 0 saturated heterocycles. The molecule has 0 fully saturated rings. The third-order valence-corrected chi connectivity index (χ3v) is 10.5. The van der Waals surface area contributed by atoms with Gasteiger partial charge in [-0.15, -0.1) is 11.3 Å². The Bertz CT molecular complexity index is 2380. The van der Waals surface area contributed by atoms with Gasteiger partial charge in [0.1, 0.15) is 0 Å². The Kier molecular flexibility index (Phi) is 6.02. The second-order valence-corrected chi connectivity index (χ2v) is 13.5. The number of hydrogen-bond acceptors (Lipinski definition) is 4. The van der Waals surface area contributed by atoms with Crippen LogP contribution in [0.25, 0.3) is 76.6 Å². The normalized spacial score (nSPS) is 13.2. The summed E-state index contributed by atoms with van der Waals surface area (Å²) in [4.78, 5) is 15.5. The average molecular weight is 608 g/mol. The highest BCUT2D eigenvalue weighted by molar-refractivity contribution is 7.26. The average Bonchev–Trinajstić information content (AvgIpc) is 3.60. The first-order valence-electron chi connectivity index (χ1n) is 15.6. The van der Waals surface area contributed by atoms with Gasteiger partial charge in [-0.1, -0.05) is 135 Å². The van der Waals surface area contributed by atoms with Crippen LogP contribution in [0.2, 0.25) is 0 Å². The van der Waals surface area contributed by atoms with Crippen LogP contribution in [-0.4, -0.2) is 15.0 Å². The largest absolute Gasteiger partial charge is 0.208 e. The molecule has 9 rings (SSSR count). The highest BCUT2D eigenvalue weighted by Crippen LogP contribution is 2.51. The summed E-state index contributed by atoms with van der Waals surface area (Å²) in [6, 6.07) is 49.4. The van der Waals surface area contributed by atoms with Crippen molar-refractivity contribution in [2.75, 3.05) is 0 Å². The summed E-state index contributed by atoms with van der Waals surface area (Å²) in [5.74, 6) is 2.01. The first-order chi connectivity index (χ1) is 22.6. The zero-order valence-electron chi connectivity index (χ0n) is 25.5. The molecule has 1 aliphatic rings. The smallest absolute Gasteiger partial charge is 0.165 e. The van der Waals surface area contributed by atoms with Crippen LogP contribution in [-0.2, 0) is 5.41 Å². The summed E-state index contributed by atoms with van der Waals surface area (Å²) in [7, 11) is 0. The van der Waals surface area contributed by atoms with E-state index in [0.29, 0.717) is 17.5 Å². The van der Waals surface area contributed by atoms with Gasteiger partial charge in [0.05, 0.1) is 0 Å². The summed E-state index contributed by atoms with van der Waals surface area (Å²) in [6.45, 7) is 4.67. The third-order valence-electron chi connectivity index (χ3n) is 9.36. The van der Waals surface area contributed by atoms with Crippen molar-refractivity contribution in [2.45, 2.75) is 19.3 Å². The third kappa shape index (κ3) is 4.14. The Morgan fingerprint density at radius 3 is 1.78 bits per heavy atom. The van der Waals surface area contributed by atoms with Gasteiger partial charge in [-0.05, 0) is 51.6 Å². The minimum Gasteiger partial charge on any atom is -0.208 e. The van der Waals surface area contributed by atoms with E-state index in [1.807, 2.05) is 47.7 Å². The monoisotopic (exact) mass is 607 g/mol. The number of thiophene rings is 1. The molecule has 0 bridgehead atoms. The molecule has 0 amide bonds. The lowest BCUT2D eigenvalue weighted by atomic mass is 9.81. The minimum atomic E-state index is -0.102. The number of rotatable bonds is 4. The standard InChI is InChI=1S/C42H29N3S/c1-42(2)33-19-11-9-17-30(33)31-22-21-28(25-34(31)42)29-23-24-36-37(32-18-10-12-20-35(32)46-36)38(29)41-44-39(26-13-5-3-6-14-26)43-40(45-41)27-15-7-4-8-16-27/h3-25H,1-2H3. The number of aromatic nitrogens is 3. The van der Waals surface area contributed by atoms with Crippen molar-refractivity contribution in [3.63, 3.8) is 0 Å². The predicted molar refractivity (Wildman–Crippen MR) is 192 cm³/mol. The van der Waals surface area contributed by atoms with E-state index in [0.717, 1.165) is 27.8 Å². The molecule has 6 aromatic carbocycles. The topological polar surface area (TPSA) is 38.7 Å². The van der Waals surface area contributed by atoms with Crippen LogP contribution in [0.3, 0.4) is 0 Å². The molecule has 0 N–H and O–H groups in total. The maximum atomic E-state index is 5.24. The van der Waals surface area contributed by atoms with E-state index in [4.69, 9.17) is 15.0 Å². The molecular formula is C42H29N3S. The van der Waals surface area contributed by atoms with E-state index in [9.17, 15) is 0 Å². The van der Waals surface area contributed by atoms with Crippen molar-refractivity contribution >= 4 is 31.5 Å². The molecule has 1 aliphatic carbocycles. The van der Waals surface area contributed by atoms with Crippen LogP contribution in [0.4, 0.5) is 0 Å². The van der Waals surface area contributed by atoms with Gasteiger partial charge in [-0.2, -0.15) is 0 Å². The fraction of sp³-hybridized carbons (Fsp3) is 0.0714. The van der Waals surface area contributed by atoms with Crippen LogP contribution >= 0.6 is 11.3 Å². The lowest BCUT2D eigenvalue weighted by Gasteiger charge is -2.22. The fourth-order valence-corrected chi connectivity index (χ4v) is 8.20. The van der Waals surface area contributed by atoms with Gasteiger partial charge in [0, 0.05) is 42.3 Å². The van der Waals surface area contributed by atoms with Crippen molar-refractivity contribution in [3.05, 3.63) is 151 Å². The molecule has 218 valence electrons. The maximum absolute atomic E-state index is 5.24. The molecule has 46 heavy (non-hydrogen) atoms. The van der Waals surface area contributed by atoms with Gasteiger partial charge in [-0.25, -0.2) is 15.0 Å². The molecule has 3 nitrogen and oxygen atoms in total. The molecule has 0 atom stereocenters. The van der Waals surface area contributed by atoms with E-state index in [-0.39, 0.29) is 5.41 Å². The molecular weight excluding hydrogens is 579 g/mol. The first kappa shape index (κ1) is 26.9. The van der Waals surface area contributed by atoms with E-state index >= 15 is 0 Å². The quantitative estimate of drug-likeness (QED) is 0.200. The number of nitrogens with zero attached hydrogens (tertiary/aromatic N) is 3. The highest BCUT2D eigenvalue weighted by atomic mass is 32.1. The number of benzene rings is 6. The van der Waals surface area contributed by atoms with Crippen LogP contribution in [0, 0.1) is 0 Å². The summed E-state index contributed by atoms with van der Waals surface area (Å²) in [6.07, 6.45) is 0. The second-order valence-electron chi connectivity index (χ2n) is 12.4. The van der Waals surface area contributed by atoms with Crippen LogP contribution in [0.1, 0.15) is 25.0 Å². The van der Waals surface area contributed by atoms with Gasteiger partial charge in [0.25, 0.3) is 0 Å². The predicted octanol–water partition coefficient (Wildman–Crippen LogP) is 11.2. The maximum Gasteiger partial charge on any atom is 0.165 e. The number of fused-ring (bicyclic) bond motifs is 6. The second kappa shape index (κ2) is 10.3. The SMILES string of the molecule is CC1(C)c2ccccc2-c2ccc(-c3ccc4sc5ccccc5c4c3-c3nc(-c4ccccc4)nc(-c4ccccc4)n3)cc21. The van der Waals surface area contributed by atoms with Crippen LogP contribution < -0.4 is 0 Å². The van der Waals surface area contributed by atoms with E-state index in [1.165, 1.54) is 42.4 Å². The Morgan fingerprint density at radius 1 is 0.457 bits per heavy atom. The highest BCUT2D eigenvalue weighted by Gasteiger charge is 2.35. The molecule has 4 heteroatoms. The van der Waals surface area contributed by atoms with Crippen molar-refractivity contribution in [2.24, 2.45) is 0 Å². The van der Waals surface area contributed by atoms with E-state index in [2.05, 4.69) is 117 Å². The molecule has 0 saturated carbocycles.